The van der Waals surface area contributed by atoms with Crippen molar-refractivity contribution in [2.45, 2.75) is 70.1 Å². The quantitative estimate of drug-likeness (QED) is 0.919. The zero-order valence-corrected chi connectivity index (χ0v) is 13.2. The lowest BCUT2D eigenvalue weighted by atomic mass is 9.93. The summed E-state index contributed by atoms with van der Waals surface area (Å²) in [4.78, 5) is 2.44. The first kappa shape index (κ1) is 14.2. The standard InChI is InChI=1S/C17H28N2O/c1-13-11-14-15(7-6-8-16(14)20)19(13)12-17(18(2)3)9-4-5-10-17/h11,16,20H,4-10,12H2,1-3H3. The number of hydrogen-bond acceptors (Lipinski definition) is 2. The van der Waals surface area contributed by atoms with Gasteiger partial charge in [-0.25, -0.2) is 0 Å². The van der Waals surface area contributed by atoms with Crippen LogP contribution in [0.15, 0.2) is 6.07 Å². The molecule has 0 aliphatic heterocycles. The van der Waals surface area contributed by atoms with Gasteiger partial charge in [-0.05, 0) is 59.2 Å². The Morgan fingerprint density at radius 2 is 2.00 bits per heavy atom. The molecule has 0 aromatic carbocycles. The maximum absolute atomic E-state index is 10.2. The third-order valence-electron chi connectivity index (χ3n) is 5.63. The number of aromatic nitrogens is 1. The smallest absolute Gasteiger partial charge is 0.0807 e. The summed E-state index contributed by atoms with van der Waals surface area (Å²) in [7, 11) is 4.46. The van der Waals surface area contributed by atoms with Crippen molar-refractivity contribution in [2.75, 3.05) is 14.1 Å². The fourth-order valence-electron chi connectivity index (χ4n) is 4.24. The van der Waals surface area contributed by atoms with Crippen molar-refractivity contribution >= 4 is 0 Å². The molecule has 0 spiro atoms. The minimum Gasteiger partial charge on any atom is -0.388 e. The van der Waals surface area contributed by atoms with E-state index in [2.05, 4.69) is 36.6 Å². The van der Waals surface area contributed by atoms with E-state index in [1.54, 1.807) is 0 Å². The molecule has 1 fully saturated rings. The molecule has 1 saturated carbocycles. The Hall–Kier alpha value is -0.800. The van der Waals surface area contributed by atoms with Gasteiger partial charge in [-0.2, -0.15) is 0 Å². The summed E-state index contributed by atoms with van der Waals surface area (Å²) in [6, 6.07) is 2.22. The highest BCUT2D eigenvalue weighted by atomic mass is 16.3. The van der Waals surface area contributed by atoms with E-state index in [0.717, 1.165) is 25.8 Å². The summed E-state index contributed by atoms with van der Waals surface area (Å²) < 4.78 is 2.50. The molecule has 0 bridgehead atoms. The summed E-state index contributed by atoms with van der Waals surface area (Å²) in [5, 5.41) is 10.2. The molecule has 1 unspecified atom stereocenters. The molecule has 1 aromatic rings. The second-order valence-electron chi connectivity index (χ2n) is 7.01. The Bertz CT molecular complexity index is 483. The molecule has 2 aliphatic rings. The van der Waals surface area contributed by atoms with Gasteiger partial charge in [-0.15, -0.1) is 0 Å². The summed E-state index contributed by atoms with van der Waals surface area (Å²) in [5.74, 6) is 0. The molecule has 1 aromatic heterocycles. The van der Waals surface area contributed by atoms with E-state index in [1.165, 1.54) is 42.6 Å². The molecule has 3 rings (SSSR count). The van der Waals surface area contributed by atoms with E-state index in [9.17, 15) is 5.11 Å². The van der Waals surface area contributed by atoms with Gasteiger partial charge >= 0.3 is 0 Å². The van der Waals surface area contributed by atoms with Crippen molar-refractivity contribution in [3.8, 4) is 0 Å². The molecular formula is C17H28N2O. The van der Waals surface area contributed by atoms with Crippen molar-refractivity contribution in [3.63, 3.8) is 0 Å². The first-order chi connectivity index (χ1) is 9.53. The lowest BCUT2D eigenvalue weighted by molar-refractivity contribution is 0.129. The van der Waals surface area contributed by atoms with E-state index in [4.69, 9.17) is 0 Å². The average Bonchev–Trinajstić information content (AvgIpc) is 2.99. The molecule has 1 heterocycles. The first-order valence-electron chi connectivity index (χ1n) is 8.08. The summed E-state index contributed by atoms with van der Waals surface area (Å²) in [6.07, 6.45) is 8.24. The van der Waals surface area contributed by atoms with E-state index in [0.29, 0.717) is 5.54 Å². The number of aryl methyl sites for hydroxylation is 1. The van der Waals surface area contributed by atoms with Crippen molar-refractivity contribution < 1.29 is 5.11 Å². The van der Waals surface area contributed by atoms with Crippen LogP contribution in [0.25, 0.3) is 0 Å². The Labute approximate surface area is 122 Å². The molecule has 112 valence electrons. The van der Waals surface area contributed by atoms with Crippen LogP contribution in [-0.4, -0.2) is 34.2 Å². The van der Waals surface area contributed by atoms with Gasteiger partial charge in [0, 0.05) is 29.0 Å². The van der Waals surface area contributed by atoms with Crippen LogP contribution >= 0.6 is 0 Å². The van der Waals surface area contributed by atoms with Crippen LogP contribution in [0.1, 0.15) is 61.6 Å². The molecule has 1 N–H and O–H groups in total. The highest BCUT2D eigenvalue weighted by molar-refractivity contribution is 5.32. The molecule has 0 radical (unpaired) electrons. The van der Waals surface area contributed by atoms with Gasteiger partial charge in [-0.1, -0.05) is 12.8 Å². The second-order valence-corrected chi connectivity index (χ2v) is 7.01. The summed E-state index contributed by atoms with van der Waals surface area (Å²) in [5.41, 5.74) is 4.24. The fraction of sp³-hybridized carbons (Fsp3) is 0.765. The molecule has 0 amide bonds. The zero-order valence-electron chi connectivity index (χ0n) is 13.2. The topological polar surface area (TPSA) is 28.4 Å². The molecule has 1 atom stereocenters. The largest absolute Gasteiger partial charge is 0.388 e. The Morgan fingerprint density at radius 3 is 2.65 bits per heavy atom. The van der Waals surface area contributed by atoms with Gasteiger partial charge in [0.1, 0.15) is 0 Å². The fourth-order valence-corrected chi connectivity index (χ4v) is 4.24. The Kier molecular flexibility index (Phi) is 3.67. The maximum atomic E-state index is 10.2. The average molecular weight is 276 g/mol. The van der Waals surface area contributed by atoms with Gasteiger partial charge in [0.2, 0.25) is 0 Å². The van der Waals surface area contributed by atoms with Crippen LogP contribution in [0.3, 0.4) is 0 Å². The molecule has 0 saturated heterocycles. The first-order valence-corrected chi connectivity index (χ1v) is 8.08. The molecule has 3 heteroatoms. The van der Waals surface area contributed by atoms with Crippen LogP contribution in [0, 0.1) is 6.92 Å². The second kappa shape index (κ2) is 5.19. The third kappa shape index (κ3) is 2.21. The van der Waals surface area contributed by atoms with Crippen molar-refractivity contribution in [1.29, 1.82) is 0 Å². The van der Waals surface area contributed by atoms with Crippen LogP contribution in [0.4, 0.5) is 0 Å². The summed E-state index contributed by atoms with van der Waals surface area (Å²) >= 11 is 0. The van der Waals surface area contributed by atoms with Gasteiger partial charge in [0.15, 0.2) is 0 Å². The lowest BCUT2D eigenvalue weighted by Gasteiger charge is -2.38. The van der Waals surface area contributed by atoms with Gasteiger partial charge in [0.25, 0.3) is 0 Å². The van der Waals surface area contributed by atoms with Crippen LogP contribution in [-0.2, 0) is 13.0 Å². The minimum absolute atomic E-state index is 0.238. The van der Waals surface area contributed by atoms with E-state index >= 15 is 0 Å². The zero-order chi connectivity index (χ0) is 14.3. The number of hydrogen-bond donors (Lipinski definition) is 1. The predicted octanol–water partition coefficient (Wildman–Crippen LogP) is 3.04. The molecular weight excluding hydrogens is 248 g/mol. The number of likely N-dealkylation sites (N-methyl/N-ethyl adjacent to an activating group) is 1. The number of aliphatic hydroxyl groups is 1. The van der Waals surface area contributed by atoms with Gasteiger partial charge in [0.05, 0.1) is 6.10 Å². The SMILES string of the molecule is Cc1cc2c(n1CC1(N(C)C)CCCC1)CCCC2O. The van der Waals surface area contributed by atoms with Crippen LogP contribution in [0.5, 0.6) is 0 Å². The van der Waals surface area contributed by atoms with Crippen LogP contribution < -0.4 is 0 Å². The number of rotatable bonds is 3. The lowest BCUT2D eigenvalue weighted by Crippen LogP contribution is -2.45. The predicted molar refractivity (Wildman–Crippen MR) is 82.0 cm³/mol. The van der Waals surface area contributed by atoms with Gasteiger partial charge < -0.3 is 14.6 Å². The highest BCUT2D eigenvalue weighted by Gasteiger charge is 2.37. The van der Waals surface area contributed by atoms with E-state index in [-0.39, 0.29) is 6.10 Å². The van der Waals surface area contributed by atoms with Crippen LogP contribution in [0.2, 0.25) is 0 Å². The number of aliphatic hydroxyl groups excluding tert-OH is 1. The summed E-state index contributed by atoms with van der Waals surface area (Å²) in [6.45, 7) is 3.29. The molecule has 2 aliphatic carbocycles. The number of fused-ring (bicyclic) bond motifs is 1. The highest BCUT2D eigenvalue weighted by Crippen LogP contribution is 2.38. The van der Waals surface area contributed by atoms with E-state index in [1.807, 2.05) is 0 Å². The van der Waals surface area contributed by atoms with E-state index < -0.39 is 0 Å². The number of nitrogens with zero attached hydrogens (tertiary/aromatic N) is 2. The Balaban J connectivity index is 1.94. The van der Waals surface area contributed by atoms with Crippen molar-refractivity contribution in [3.05, 3.63) is 23.0 Å². The van der Waals surface area contributed by atoms with Crippen molar-refractivity contribution in [1.82, 2.24) is 9.47 Å². The van der Waals surface area contributed by atoms with Gasteiger partial charge in [-0.3, -0.25) is 0 Å². The minimum atomic E-state index is -0.238. The normalized spacial score (nSPS) is 25.1. The van der Waals surface area contributed by atoms with Crippen molar-refractivity contribution in [2.24, 2.45) is 0 Å². The third-order valence-corrected chi connectivity index (χ3v) is 5.63. The Morgan fingerprint density at radius 1 is 1.30 bits per heavy atom. The monoisotopic (exact) mass is 276 g/mol. The maximum Gasteiger partial charge on any atom is 0.0807 e. The molecule has 20 heavy (non-hydrogen) atoms. The molecule has 3 nitrogen and oxygen atoms in total.